The molecule has 2 fully saturated rings. The van der Waals surface area contributed by atoms with Gasteiger partial charge in [-0.1, -0.05) is 6.42 Å². The lowest BCUT2D eigenvalue weighted by molar-refractivity contribution is -0.154. The quantitative estimate of drug-likeness (QED) is 0.361. The van der Waals surface area contributed by atoms with Gasteiger partial charge < -0.3 is 9.26 Å². The first-order chi connectivity index (χ1) is 12.5. The molecule has 1 saturated heterocycles. The van der Waals surface area contributed by atoms with E-state index in [1.807, 2.05) is 6.26 Å². The number of carbonyl (C=O) groups is 2. The van der Waals surface area contributed by atoms with Crippen LogP contribution in [-0.2, 0) is 32.5 Å². The number of hydrogen-bond acceptors (Lipinski definition) is 8. The van der Waals surface area contributed by atoms with Crippen LogP contribution < -0.4 is 0 Å². The van der Waals surface area contributed by atoms with E-state index in [0.29, 0.717) is 5.76 Å². The third-order valence-electron chi connectivity index (χ3n) is 5.16. The summed E-state index contributed by atoms with van der Waals surface area (Å²) in [4.78, 5) is 24.7. The Morgan fingerprint density at radius 2 is 1.77 bits per heavy atom. The highest BCUT2D eigenvalue weighted by Gasteiger charge is 2.58. The minimum Gasteiger partial charge on any atom is -0.407 e. The number of carbonyl (C=O) groups excluding carboxylic acids is 2. The number of rotatable bonds is 7. The molecule has 0 aromatic heterocycles. The van der Waals surface area contributed by atoms with Gasteiger partial charge in [0, 0.05) is 0 Å². The van der Waals surface area contributed by atoms with Gasteiger partial charge in [0.15, 0.2) is 0 Å². The number of phosphoric acid groups is 1. The van der Waals surface area contributed by atoms with Crippen molar-refractivity contribution in [2.45, 2.75) is 44.8 Å². The third kappa shape index (κ3) is 3.49. The minimum atomic E-state index is -3.78. The molecule has 0 N–H and O–H groups in total. The lowest BCUT2D eigenvalue weighted by Gasteiger charge is -2.40. The van der Waals surface area contributed by atoms with Gasteiger partial charge in [-0.05, 0) is 50.9 Å². The summed E-state index contributed by atoms with van der Waals surface area (Å²) in [6.07, 6.45) is 5.33. The van der Waals surface area contributed by atoms with Crippen LogP contribution in [0, 0.1) is 17.8 Å². The van der Waals surface area contributed by atoms with Gasteiger partial charge in [-0.25, -0.2) is 4.57 Å². The molecule has 0 unspecified atom stereocenters. The van der Waals surface area contributed by atoms with Gasteiger partial charge in [0.1, 0.15) is 5.76 Å². The Bertz CT molecular complexity index is 651. The predicted octanol–water partition coefficient (Wildman–Crippen LogP) is 3.69. The van der Waals surface area contributed by atoms with Crippen molar-refractivity contribution in [3.05, 3.63) is 11.3 Å². The van der Waals surface area contributed by atoms with Crippen LogP contribution in [0.15, 0.2) is 11.3 Å². The normalized spacial score (nSPS) is 31.5. The Hall–Kier alpha value is -0.820. The Morgan fingerprint density at radius 1 is 1.12 bits per heavy atom. The number of hydrogen-bond donors (Lipinski definition) is 0. The summed E-state index contributed by atoms with van der Waals surface area (Å²) in [5.74, 6) is -1.67. The second kappa shape index (κ2) is 8.05. The lowest BCUT2D eigenvalue weighted by Crippen LogP contribution is -2.42. The van der Waals surface area contributed by atoms with E-state index in [9.17, 15) is 14.2 Å². The van der Waals surface area contributed by atoms with E-state index in [-0.39, 0.29) is 19.1 Å². The van der Waals surface area contributed by atoms with Crippen LogP contribution in [0.5, 0.6) is 0 Å². The molecule has 0 spiro atoms. The van der Waals surface area contributed by atoms with Gasteiger partial charge in [0.2, 0.25) is 0 Å². The Labute approximate surface area is 157 Å². The fraction of sp³-hybridized carbons (Fsp3) is 0.765. The van der Waals surface area contributed by atoms with E-state index in [0.717, 1.165) is 31.3 Å². The highest BCUT2D eigenvalue weighted by atomic mass is 32.2. The molecule has 0 radical (unpaired) electrons. The van der Waals surface area contributed by atoms with Crippen LogP contribution in [-0.4, -0.2) is 36.7 Å². The second-order valence-corrected chi connectivity index (χ2v) is 9.14. The second-order valence-electron chi connectivity index (χ2n) is 6.56. The number of esters is 2. The van der Waals surface area contributed by atoms with Crippen LogP contribution in [0.3, 0.4) is 0 Å². The Kier molecular flexibility index (Phi) is 6.17. The molecule has 1 aliphatic heterocycles. The number of fused-ring (bicyclic) bond motifs is 3. The Morgan fingerprint density at radius 3 is 2.38 bits per heavy atom. The van der Waals surface area contributed by atoms with Crippen molar-refractivity contribution < 1.29 is 32.5 Å². The summed E-state index contributed by atoms with van der Waals surface area (Å²) in [5.41, 5.74) is 0.961. The van der Waals surface area contributed by atoms with Gasteiger partial charge in [0.25, 0.3) is 0 Å². The first kappa shape index (κ1) is 19.9. The molecule has 0 aromatic rings. The van der Waals surface area contributed by atoms with Gasteiger partial charge in [-0.2, -0.15) is 11.8 Å². The van der Waals surface area contributed by atoms with Crippen molar-refractivity contribution in [2.75, 3.05) is 19.5 Å². The molecular formula is C17H25O7PS. The van der Waals surface area contributed by atoms with Crippen molar-refractivity contribution in [3.8, 4) is 0 Å². The van der Waals surface area contributed by atoms with Crippen LogP contribution in [0.4, 0.5) is 0 Å². The van der Waals surface area contributed by atoms with Crippen molar-refractivity contribution >= 4 is 31.5 Å². The molecule has 0 bridgehead atoms. The smallest absolute Gasteiger partial charge is 0.407 e. The summed E-state index contributed by atoms with van der Waals surface area (Å²) >= 11 is 1.40. The first-order valence-corrected chi connectivity index (χ1v) is 11.8. The predicted molar refractivity (Wildman–Crippen MR) is 96.3 cm³/mol. The van der Waals surface area contributed by atoms with Gasteiger partial charge >= 0.3 is 19.8 Å². The van der Waals surface area contributed by atoms with E-state index in [1.165, 1.54) is 11.8 Å². The number of ether oxygens (including phenoxy) is 1. The van der Waals surface area contributed by atoms with Crippen LogP contribution in [0.25, 0.3) is 0 Å². The summed E-state index contributed by atoms with van der Waals surface area (Å²) in [6, 6.07) is 0. The van der Waals surface area contributed by atoms with Crippen LogP contribution >= 0.6 is 19.6 Å². The first-order valence-electron chi connectivity index (χ1n) is 9.05. The molecule has 7 nitrogen and oxygen atoms in total. The molecule has 1 saturated carbocycles. The maximum atomic E-state index is 13.0. The molecular weight excluding hydrogens is 379 g/mol. The fourth-order valence-electron chi connectivity index (χ4n) is 4.23. The molecule has 0 amide bonds. The van der Waals surface area contributed by atoms with Crippen molar-refractivity contribution in [1.29, 1.82) is 0 Å². The van der Waals surface area contributed by atoms with Gasteiger partial charge in [-0.3, -0.25) is 18.6 Å². The zero-order valence-electron chi connectivity index (χ0n) is 15.3. The maximum Gasteiger partial charge on any atom is 0.529 e. The van der Waals surface area contributed by atoms with Crippen molar-refractivity contribution in [3.63, 3.8) is 0 Å². The highest BCUT2D eigenvalue weighted by Crippen LogP contribution is 2.58. The molecule has 3 rings (SSSR count). The number of allylic oxidation sites excluding steroid dienone is 1. The van der Waals surface area contributed by atoms with E-state index in [2.05, 4.69) is 0 Å². The summed E-state index contributed by atoms with van der Waals surface area (Å²) in [6.45, 7) is 3.79. The molecule has 3 aliphatic rings. The molecule has 4 atom stereocenters. The average Bonchev–Trinajstić information content (AvgIpc) is 2.90. The van der Waals surface area contributed by atoms with E-state index in [1.54, 1.807) is 13.8 Å². The van der Waals surface area contributed by atoms with Crippen molar-refractivity contribution in [1.82, 2.24) is 0 Å². The molecule has 9 heteroatoms. The summed E-state index contributed by atoms with van der Waals surface area (Å²) in [7, 11) is -3.78. The molecule has 26 heavy (non-hydrogen) atoms. The zero-order chi connectivity index (χ0) is 18.9. The lowest BCUT2D eigenvalue weighted by atomic mass is 9.66. The van der Waals surface area contributed by atoms with Crippen LogP contribution in [0.2, 0.25) is 0 Å². The minimum absolute atomic E-state index is 0.109. The molecule has 1 heterocycles. The zero-order valence-corrected chi connectivity index (χ0v) is 17.0. The van der Waals surface area contributed by atoms with E-state index < -0.39 is 36.8 Å². The van der Waals surface area contributed by atoms with Crippen molar-refractivity contribution in [2.24, 2.45) is 17.8 Å². The number of cyclic esters (lactones) is 2. The van der Waals surface area contributed by atoms with E-state index in [4.69, 9.17) is 18.3 Å². The summed E-state index contributed by atoms with van der Waals surface area (Å²) < 4.78 is 34.4. The number of thioether (sulfide) groups is 1. The molecule has 0 aromatic carbocycles. The molecule has 2 aliphatic carbocycles. The standard InChI is InChI=1S/C17H25O7PS/c1-4-21-25(20,22-5-2)24-14-11-9-7-6-8-10(11)12-13(15(14)26-3)17(19)23-16(12)18/h10,12-13,15H,4-9H2,1-3H3/t10-,12-,13-,15-/m0/s1. The van der Waals surface area contributed by atoms with Crippen LogP contribution in [0.1, 0.15) is 39.5 Å². The maximum absolute atomic E-state index is 13.0. The fourth-order valence-corrected chi connectivity index (χ4v) is 6.58. The molecule has 146 valence electrons. The average molecular weight is 404 g/mol. The summed E-state index contributed by atoms with van der Waals surface area (Å²) in [5, 5.41) is -0.433. The Balaban J connectivity index is 2.04. The SMILES string of the molecule is CCOP(=O)(OCC)OC1=C2CCCC[C@@H]2[C@@H]2C(=O)OC(=O)[C@@H]2[C@@H]1SC. The topological polar surface area (TPSA) is 88.1 Å². The monoisotopic (exact) mass is 404 g/mol. The van der Waals surface area contributed by atoms with Gasteiger partial charge in [0.05, 0.1) is 30.3 Å². The largest absolute Gasteiger partial charge is 0.529 e. The number of phosphoric ester groups is 1. The van der Waals surface area contributed by atoms with Gasteiger partial charge in [-0.15, -0.1) is 0 Å². The highest BCUT2D eigenvalue weighted by molar-refractivity contribution is 7.99. The van der Waals surface area contributed by atoms with E-state index >= 15 is 0 Å². The third-order valence-corrected chi connectivity index (χ3v) is 7.75.